The third-order valence-corrected chi connectivity index (χ3v) is 3.22. The van der Waals surface area contributed by atoms with E-state index in [0.29, 0.717) is 11.4 Å². The van der Waals surface area contributed by atoms with Crippen molar-refractivity contribution in [1.82, 2.24) is 15.8 Å². The Balaban J connectivity index is 1.83. The van der Waals surface area contributed by atoms with E-state index in [-0.39, 0.29) is 17.2 Å². The standard InChI is InChI=1S/C16H16ClN3O3/c1-10-4-3-5-12(6-10)23-9-15(21)19-20-16(22)13-8-18-11(2)7-14(13)17/h3-8H,9H2,1-2H3,(H,19,21)(H,20,22). The van der Waals surface area contributed by atoms with Gasteiger partial charge in [-0.25, -0.2) is 0 Å². The Kier molecular flexibility index (Phi) is 5.54. The van der Waals surface area contributed by atoms with Crippen LogP contribution in [0.15, 0.2) is 36.5 Å². The second kappa shape index (κ2) is 7.60. The van der Waals surface area contributed by atoms with Crippen LogP contribution >= 0.6 is 11.6 Å². The first-order valence-corrected chi connectivity index (χ1v) is 7.24. The number of rotatable bonds is 4. The molecule has 0 fully saturated rings. The molecule has 0 atom stereocenters. The molecule has 0 saturated carbocycles. The second-order valence-electron chi connectivity index (χ2n) is 4.91. The van der Waals surface area contributed by atoms with Crippen molar-refractivity contribution in [3.05, 3.63) is 58.4 Å². The fraction of sp³-hybridized carbons (Fsp3) is 0.188. The van der Waals surface area contributed by atoms with Gasteiger partial charge in [0, 0.05) is 11.9 Å². The number of hydrogen-bond acceptors (Lipinski definition) is 4. The zero-order valence-corrected chi connectivity index (χ0v) is 13.5. The van der Waals surface area contributed by atoms with E-state index < -0.39 is 11.8 Å². The van der Waals surface area contributed by atoms with Crippen LogP contribution in [0.4, 0.5) is 0 Å². The van der Waals surface area contributed by atoms with Crippen molar-refractivity contribution in [1.29, 1.82) is 0 Å². The van der Waals surface area contributed by atoms with E-state index in [1.54, 1.807) is 19.1 Å². The van der Waals surface area contributed by atoms with Crippen molar-refractivity contribution in [2.75, 3.05) is 6.61 Å². The van der Waals surface area contributed by atoms with E-state index in [1.165, 1.54) is 6.20 Å². The van der Waals surface area contributed by atoms with Gasteiger partial charge in [-0.05, 0) is 37.6 Å². The van der Waals surface area contributed by atoms with Crippen molar-refractivity contribution >= 4 is 23.4 Å². The lowest BCUT2D eigenvalue weighted by atomic mass is 10.2. The second-order valence-corrected chi connectivity index (χ2v) is 5.32. The van der Waals surface area contributed by atoms with Gasteiger partial charge in [-0.3, -0.25) is 25.4 Å². The number of carbonyl (C=O) groups excluding carboxylic acids is 2. The monoisotopic (exact) mass is 333 g/mol. The molecule has 2 N–H and O–H groups in total. The molecule has 0 bridgehead atoms. The number of benzene rings is 1. The average molecular weight is 334 g/mol. The molecule has 2 rings (SSSR count). The van der Waals surface area contributed by atoms with Crippen LogP contribution in [0.1, 0.15) is 21.6 Å². The third kappa shape index (κ3) is 4.96. The van der Waals surface area contributed by atoms with Gasteiger partial charge in [0.1, 0.15) is 5.75 Å². The normalized spacial score (nSPS) is 10.0. The van der Waals surface area contributed by atoms with Crippen LogP contribution in [-0.4, -0.2) is 23.4 Å². The molecule has 1 aromatic heterocycles. The first-order chi connectivity index (χ1) is 11.0. The van der Waals surface area contributed by atoms with E-state index in [0.717, 1.165) is 5.56 Å². The fourth-order valence-corrected chi connectivity index (χ4v) is 2.07. The van der Waals surface area contributed by atoms with E-state index >= 15 is 0 Å². The van der Waals surface area contributed by atoms with Crippen LogP contribution in [0.3, 0.4) is 0 Å². The Labute approximate surface area is 138 Å². The summed E-state index contributed by atoms with van der Waals surface area (Å²) < 4.78 is 5.32. The van der Waals surface area contributed by atoms with Crippen LogP contribution in [-0.2, 0) is 4.79 Å². The topological polar surface area (TPSA) is 80.3 Å². The van der Waals surface area contributed by atoms with Gasteiger partial charge in [-0.2, -0.15) is 0 Å². The minimum Gasteiger partial charge on any atom is -0.484 e. The number of nitrogens with zero attached hydrogens (tertiary/aromatic N) is 1. The van der Waals surface area contributed by atoms with Gasteiger partial charge < -0.3 is 4.74 Å². The van der Waals surface area contributed by atoms with Crippen LogP contribution in [0.2, 0.25) is 5.02 Å². The summed E-state index contributed by atoms with van der Waals surface area (Å²) in [7, 11) is 0. The summed E-state index contributed by atoms with van der Waals surface area (Å²) in [6, 6.07) is 8.88. The van der Waals surface area contributed by atoms with E-state index in [9.17, 15) is 9.59 Å². The van der Waals surface area contributed by atoms with Gasteiger partial charge in [0.15, 0.2) is 6.61 Å². The smallest absolute Gasteiger partial charge is 0.276 e. The van der Waals surface area contributed by atoms with Crippen molar-refractivity contribution in [2.24, 2.45) is 0 Å². The fourth-order valence-electron chi connectivity index (χ4n) is 1.78. The third-order valence-electron chi connectivity index (χ3n) is 2.91. The summed E-state index contributed by atoms with van der Waals surface area (Å²) in [5.41, 5.74) is 6.42. The highest BCUT2D eigenvalue weighted by molar-refractivity contribution is 6.33. The Hall–Kier alpha value is -2.60. The number of aromatic nitrogens is 1. The molecular formula is C16H16ClN3O3. The molecule has 23 heavy (non-hydrogen) atoms. The lowest BCUT2D eigenvalue weighted by molar-refractivity contribution is -0.123. The number of amides is 2. The lowest BCUT2D eigenvalue weighted by Crippen LogP contribution is -2.44. The molecular weight excluding hydrogens is 318 g/mol. The van der Waals surface area contributed by atoms with Gasteiger partial charge in [0.05, 0.1) is 10.6 Å². The Morgan fingerprint density at radius 2 is 2.00 bits per heavy atom. The highest BCUT2D eigenvalue weighted by Crippen LogP contribution is 2.15. The molecule has 7 heteroatoms. The van der Waals surface area contributed by atoms with Crippen LogP contribution in [0.5, 0.6) is 5.75 Å². The maximum Gasteiger partial charge on any atom is 0.276 e. The zero-order valence-electron chi connectivity index (χ0n) is 12.7. The van der Waals surface area contributed by atoms with E-state index in [2.05, 4.69) is 15.8 Å². The van der Waals surface area contributed by atoms with E-state index in [4.69, 9.17) is 16.3 Å². The lowest BCUT2D eigenvalue weighted by Gasteiger charge is -2.10. The molecule has 0 radical (unpaired) electrons. The molecule has 120 valence electrons. The van der Waals surface area contributed by atoms with Crippen LogP contribution in [0.25, 0.3) is 0 Å². The molecule has 0 aliphatic rings. The molecule has 1 heterocycles. The maximum absolute atomic E-state index is 11.9. The first-order valence-electron chi connectivity index (χ1n) is 6.86. The first kappa shape index (κ1) is 16.8. The predicted molar refractivity (Wildman–Crippen MR) is 86.3 cm³/mol. The summed E-state index contributed by atoms with van der Waals surface area (Å²) in [6.07, 6.45) is 1.35. The minimum atomic E-state index is -0.550. The maximum atomic E-state index is 11.9. The minimum absolute atomic E-state index is 0.178. The number of aryl methyl sites for hydroxylation is 2. The molecule has 0 aliphatic heterocycles. The van der Waals surface area contributed by atoms with Crippen LogP contribution < -0.4 is 15.6 Å². The number of halogens is 1. The summed E-state index contributed by atoms with van der Waals surface area (Å²) in [5, 5.41) is 0.264. The quantitative estimate of drug-likeness (QED) is 0.840. The number of pyridine rings is 1. The summed E-state index contributed by atoms with van der Waals surface area (Å²) >= 11 is 5.96. The largest absolute Gasteiger partial charge is 0.484 e. The summed E-state index contributed by atoms with van der Waals surface area (Å²) in [5.74, 6) is -0.459. The van der Waals surface area contributed by atoms with Gasteiger partial charge in [-0.1, -0.05) is 23.7 Å². The summed E-state index contributed by atoms with van der Waals surface area (Å²) in [6.45, 7) is 3.47. The van der Waals surface area contributed by atoms with Gasteiger partial charge in [0.25, 0.3) is 11.8 Å². The predicted octanol–water partition coefficient (Wildman–Crippen LogP) is 2.19. The Morgan fingerprint density at radius 3 is 2.70 bits per heavy atom. The SMILES string of the molecule is Cc1cccc(OCC(=O)NNC(=O)c2cnc(C)cc2Cl)c1. The Bertz CT molecular complexity index is 734. The summed E-state index contributed by atoms with van der Waals surface area (Å²) in [4.78, 5) is 27.6. The Morgan fingerprint density at radius 1 is 1.22 bits per heavy atom. The van der Waals surface area contributed by atoms with Crippen molar-refractivity contribution in [2.45, 2.75) is 13.8 Å². The molecule has 0 aliphatic carbocycles. The number of ether oxygens (including phenoxy) is 1. The van der Waals surface area contributed by atoms with Crippen molar-refractivity contribution in [3.63, 3.8) is 0 Å². The molecule has 6 nitrogen and oxygen atoms in total. The number of nitrogens with one attached hydrogen (secondary N) is 2. The number of hydrazine groups is 1. The van der Waals surface area contributed by atoms with Crippen molar-refractivity contribution < 1.29 is 14.3 Å². The van der Waals surface area contributed by atoms with Crippen LogP contribution in [0, 0.1) is 13.8 Å². The molecule has 1 aromatic carbocycles. The number of carbonyl (C=O) groups is 2. The zero-order chi connectivity index (χ0) is 16.8. The molecule has 0 saturated heterocycles. The van der Waals surface area contributed by atoms with Gasteiger partial charge in [0.2, 0.25) is 0 Å². The molecule has 2 amide bonds. The van der Waals surface area contributed by atoms with Crippen molar-refractivity contribution in [3.8, 4) is 5.75 Å². The van der Waals surface area contributed by atoms with E-state index in [1.807, 2.05) is 25.1 Å². The molecule has 0 spiro atoms. The highest BCUT2D eigenvalue weighted by Gasteiger charge is 2.12. The number of hydrogen-bond donors (Lipinski definition) is 2. The molecule has 0 unspecified atom stereocenters. The van der Waals surface area contributed by atoms with Gasteiger partial charge >= 0.3 is 0 Å². The average Bonchev–Trinajstić information content (AvgIpc) is 2.50. The highest BCUT2D eigenvalue weighted by atomic mass is 35.5. The molecule has 2 aromatic rings. The van der Waals surface area contributed by atoms with Gasteiger partial charge in [-0.15, -0.1) is 0 Å².